The Hall–Kier alpha value is -3.77. The minimum Gasteiger partial charge on any atom is -0.462 e. The minimum absolute atomic E-state index is 0.00777. The van der Waals surface area contributed by atoms with E-state index in [9.17, 15) is 33.6 Å². The lowest BCUT2D eigenvalue weighted by molar-refractivity contribution is -0.214. The summed E-state index contributed by atoms with van der Waals surface area (Å²) in [4.78, 5) is 89.1. The molecule has 13 heteroatoms. The van der Waals surface area contributed by atoms with Gasteiger partial charge < -0.3 is 23.8 Å². The molecule has 1 rings (SSSR count). The maximum absolute atomic E-state index is 12.8. The van der Waals surface area contributed by atoms with Crippen molar-refractivity contribution in [2.45, 2.75) is 65.8 Å². The molecular weight excluding hydrogens is 458 g/mol. The normalized spacial score (nSPS) is 15.8. The molecule has 1 fully saturated rings. The molecule has 2 amide bonds. The van der Waals surface area contributed by atoms with E-state index in [1.165, 1.54) is 6.92 Å². The van der Waals surface area contributed by atoms with Crippen LogP contribution in [0.2, 0.25) is 0 Å². The fourth-order valence-corrected chi connectivity index (χ4v) is 2.48. The molecule has 0 spiro atoms. The van der Waals surface area contributed by atoms with Gasteiger partial charge in [0, 0.05) is 26.7 Å². The maximum Gasteiger partial charge on any atom is 0.377 e. The third kappa shape index (κ3) is 8.30. The zero-order valence-electron chi connectivity index (χ0n) is 19.5. The number of rotatable bonds is 11. The van der Waals surface area contributed by atoms with Gasteiger partial charge in [-0.2, -0.15) is 0 Å². The summed E-state index contributed by atoms with van der Waals surface area (Å²) < 4.78 is 19.7. The molecule has 0 radical (unpaired) electrons. The van der Waals surface area contributed by atoms with E-state index in [2.05, 4.69) is 11.4 Å². The summed E-state index contributed by atoms with van der Waals surface area (Å²) in [5.41, 5.74) is 0.0450. The highest BCUT2D eigenvalue weighted by Gasteiger charge is 2.46. The van der Waals surface area contributed by atoms with Crippen LogP contribution in [-0.2, 0) is 57.3 Å². The van der Waals surface area contributed by atoms with Crippen molar-refractivity contribution in [3.8, 4) is 0 Å². The van der Waals surface area contributed by atoms with Crippen LogP contribution in [0.3, 0.4) is 0 Å². The van der Waals surface area contributed by atoms with Gasteiger partial charge in [0.1, 0.15) is 0 Å². The predicted molar refractivity (Wildman–Crippen MR) is 109 cm³/mol. The molecule has 0 aromatic carbocycles. The molecule has 0 saturated carbocycles. The Morgan fingerprint density at radius 3 is 1.71 bits per heavy atom. The molecule has 34 heavy (non-hydrogen) atoms. The topological polar surface area (TPSA) is 169 Å². The third-order valence-corrected chi connectivity index (χ3v) is 3.97. The quantitative estimate of drug-likeness (QED) is 0.168. The molecule has 1 aliphatic rings. The molecule has 0 N–H and O–H groups in total. The van der Waals surface area contributed by atoms with Gasteiger partial charge in [-0.25, -0.2) is 14.4 Å². The van der Waals surface area contributed by atoms with E-state index in [1.54, 1.807) is 13.8 Å². The van der Waals surface area contributed by atoms with Crippen molar-refractivity contribution in [2.24, 2.45) is 5.92 Å². The van der Waals surface area contributed by atoms with Gasteiger partial charge in [-0.1, -0.05) is 20.4 Å². The van der Waals surface area contributed by atoms with Gasteiger partial charge >= 0.3 is 29.8 Å². The number of ether oxygens (including phenoxy) is 4. The van der Waals surface area contributed by atoms with E-state index < -0.39 is 60.0 Å². The van der Waals surface area contributed by atoms with Gasteiger partial charge in [0.15, 0.2) is 0 Å². The van der Waals surface area contributed by atoms with Crippen LogP contribution in [-0.4, -0.2) is 71.6 Å². The minimum atomic E-state index is -2.27. The van der Waals surface area contributed by atoms with Crippen molar-refractivity contribution >= 4 is 41.7 Å². The largest absolute Gasteiger partial charge is 0.462 e. The SMILES string of the molecule is C=C(C)[C@H](OC(=O)[C@H](OC(C)=O)[C@@H](OC(C)=O)C(=O)ON1C(=O)CCC1=O)C(=O)OCC(C)C. The Labute approximate surface area is 195 Å². The van der Waals surface area contributed by atoms with Crippen LogP contribution in [0.4, 0.5) is 0 Å². The highest BCUT2D eigenvalue weighted by molar-refractivity contribution is 6.02. The van der Waals surface area contributed by atoms with Crippen LogP contribution in [0.1, 0.15) is 47.5 Å². The van der Waals surface area contributed by atoms with Crippen molar-refractivity contribution in [1.82, 2.24) is 5.06 Å². The molecule has 0 aromatic heterocycles. The van der Waals surface area contributed by atoms with Crippen LogP contribution < -0.4 is 0 Å². The number of carbonyl (C=O) groups is 7. The standard InChI is InChI=1S/C21H27NO12/c1-10(2)9-30-19(27)16(11(3)4)33-20(28)17(31-12(5)23)18(32-13(6)24)21(29)34-22-14(25)7-8-15(22)26/h10,16-18H,3,7-9H2,1-2,4-6H3/t16-,17+,18+/m0/s1. The van der Waals surface area contributed by atoms with Crippen molar-refractivity contribution < 1.29 is 57.3 Å². The Bertz CT molecular complexity index is 861. The number of nitrogens with zero attached hydrogens (tertiary/aromatic N) is 1. The van der Waals surface area contributed by atoms with Gasteiger partial charge in [0.25, 0.3) is 11.8 Å². The lowest BCUT2D eigenvalue weighted by atomic mass is 10.1. The Kier molecular flexibility index (Phi) is 10.4. The third-order valence-electron chi connectivity index (χ3n) is 3.97. The lowest BCUT2D eigenvalue weighted by Crippen LogP contribution is -2.50. The number of imide groups is 1. The van der Waals surface area contributed by atoms with Crippen molar-refractivity contribution in [2.75, 3.05) is 6.61 Å². The fraction of sp³-hybridized carbons (Fsp3) is 0.571. The molecule has 0 unspecified atom stereocenters. The van der Waals surface area contributed by atoms with Crippen molar-refractivity contribution in [3.63, 3.8) is 0 Å². The van der Waals surface area contributed by atoms with E-state index in [-0.39, 0.29) is 36.0 Å². The molecule has 13 nitrogen and oxygen atoms in total. The Morgan fingerprint density at radius 1 is 0.824 bits per heavy atom. The van der Waals surface area contributed by atoms with Crippen LogP contribution in [0.25, 0.3) is 0 Å². The molecule has 0 aromatic rings. The van der Waals surface area contributed by atoms with E-state index in [0.29, 0.717) is 0 Å². The summed E-state index contributed by atoms with van der Waals surface area (Å²) in [6.45, 7) is 10.2. The van der Waals surface area contributed by atoms with Gasteiger partial charge in [-0.05, 0) is 18.4 Å². The molecule has 188 valence electrons. The molecule has 0 aliphatic carbocycles. The zero-order valence-corrected chi connectivity index (χ0v) is 19.5. The van der Waals surface area contributed by atoms with Crippen molar-refractivity contribution in [3.05, 3.63) is 12.2 Å². The maximum atomic E-state index is 12.8. The number of esters is 4. The summed E-state index contributed by atoms with van der Waals surface area (Å²) >= 11 is 0. The predicted octanol–water partition coefficient (Wildman–Crippen LogP) is 0.144. The van der Waals surface area contributed by atoms with Gasteiger partial charge in [0.2, 0.25) is 18.3 Å². The zero-order chi connectivity index (χ0) is 26.2. The van der Waals surface area contributed by atoms with Crippen LogP contribution in [0.5, 0.6) is 0 Å². The van der Waals surface area contributed by atoms with Crippen molar-refractivity contribution in [1.29, 1.82) is 0 Å². The summed E-state index contributed by atoms with van der Waals surface area (Å²) in [6, 6.07) is 0. The van der Waals surface area contributed by atoms with Gasteiger partial charge in [0.05, 0.1) is 6.61 Å². The first-order valence-electron chi connectivity index (χ1n) is 10.2. The van der Waals surface area contributed by atoms with Gasteiger partial charge in [-0.15, -0.1) is 5.06 Å². The highest BCUT2D eigenvalue weighted by Crippen LogP contribution is 2.18. The fourth-order valence-electron chi connectivity index (χ4n) is 2.48. The summed E-state index contributed by atoms with van der Waals surface area (Å²) in [5.74, 6) is -7.94. The number of hydroxylamine groups is 2. The Balaban J connectivity index is 3.19. The number of hydrogen-bond acceptors (Lipinski definition) is 12. The summed E-state index contributed by atoms with van der Waals surface area (Å²) in [5, 5.41) is 0.148. The number of hydrogen-bond donors (Lipinski definition) is 0. The average Bonchev–Trinajstić information content (AvgIpc) is 3.03. The van der Waals surface area contributed by atoms with Gasteiger partial charge in [-0.3, -0.25) is 19.2 Å². The first kappa shape index (κ1) is 28.3. The monoisotopic (exact) mass is 485 g/mol. The van der Waals surface area contributed by atoms with E-state index >= 15 is 0 Å². The molecule has 1 heterocycles. The second-order valence-corrected chi connectivity index (χ2v) is 7.74. The van der Waals surface area contributed by atoms with Crippen LogP contribution >= 0.6 is 0 Å². The van der Waals surface area contributed by atoms with E-state index in [1.807, 2.05) is 0 Å². The Morgan fingerprint density at radius 2 is 1.29 bits per heavy atom. The number of amides is 2. The lowest BCUT2D eigenvalue weighted by Gasteiger charge is -2.26. The molecular formula is C21H27NO12. The second-order valence-electron chi connectivity index (χ2n) is 7.74. The molecule has 1 aliphatic heterocycles. The smallest absolute Gasteiger partial charge is 0.377 e. The van der Waals surface area contributed by atoms with E-state index in [0.717, 1.165) is 13.8 Å². The second kappa shape index (κ2) is 12.5. The highest BCUT2D eigenvalue weighted by atomic mass is 16.7. The number of carbonyl (C=O) groups excluding carboxylic acids is 7. The van der Waals surface area contributed by atoms with Crippen LogP contribution in [0, 0.1) is 5.92 Å². The first-order chi connectivity index (χ1) is 15.7. The summed E-state index contributed by atoms with van der Waals surface area (Å²) in [7, 11) is 0. The van der Waals surface area contributed by atoms with Crippen LogP contribution in [0.15, 0.2) is 12.2 Å². The summed E-state index contributed by atoms with van der Waals surface area (Å²) in [6.07, 6.45) is -6.61. The average molecular weight is 485 g/mol. The first-order valence-corrected chi connectivity index (χ1v) is 10.2. The molecule has 0 bridgehead atoms. The van der Waals surface area contributed by atoms with E-state index in [4.69, 9.17) is 18.9 Å². The molecule has 1 saturated heterocycles. The molecule has 3 atom stereocenters.